The number of aromatic hydroxyl groups is 1. The van der Waals surface area contributed by atoms with Crippen LogP contribution in [0.1, 0.15) is 5.69 Å². The van der Waals surface area contributed by atoms with Crippen LogP contribution in [0.15, 0.2) is 29.6 Å². The van der Waals surface area contributed by atoms with Gasteiger partial charge in [-0.2, -0.15) is 0 Å². The molecule has 0 aliphatic heterocycles. The van der Waals surface area contributed by atoms with E-state index in [2.05, 4.69) is 15.6 Å². The normalized spacial score (nSPS) is 9.95. The van der Waals surface area contributed by atoms with Crippen LogP contribution in [0, 0.1) is 6.92 Å². The Bertz CT molecular complexity index is 624. The summed E-state index contributed by atoms with van der Waals surface area (Å²) in [6.07, 6.45) is 0. The van der Waals surface area contributed by atoms with E-state index in [1.165, 1.54) is 23.5 Å². The first-order valence-electron chi connectivity index (χ1n) is 5.38. The average Bonchev–Trinajstić information content (AvgIpc) is 2.77. The number of nitrogens with one attached hydrogen (secondary N) is 2. The molecule has 1 aromatic carbocycles. The Morgan fingerprint density at radius 2 is 1.89 bits per heavy atom. The van der Waals surface area contributed by atoms with Crippen molar-refractivity contribution in [2.45, 2.75) is 6.92 Å². The highest BCUT2D eigenvalue weighted by Crippen LogP contribution is 2.21. The summed E-state index contributed by atoms with van der Waals surface area (Å²) in [5, 5.41) is 16.3. The highest BCUT2D eigenvalue weighted by molar-refractivity contribution is 7.14. The number of aromatic nitrogens is 1. The third kappa shape index (κ3) is 3.29. The van der Waals surface area contributed by atoms with Gasteiger partial charge in [0.05, 0.1) is 11.4 Å². The Hall–Kier alpha value is -2.41. The summed E-state index contributed by atoms with van der Waals surface area (Å²) in [5.74, 6) is -1.80. The van der Waals surface area contributed by atoms with E-state index in [1.807, 2.05) is 0 Å². The molecule has 98 valence electrons. The lowest BCUT2D eigenvalue weighted by molar-refractivity contribution is -0.133. The standard InChI is InChI=1S/C12H11N3O3S/c1-7-6-19-12(13-7)15-11(18)10(17)14-8-4-2-3-5-9(8)16/h2-6,16H,1H3,(H,14,17)(H,13,15,18). The SMILES string of the molecule is Cc1csc(NC(=O)C(=O)Nc2ccccc2O)n1. The molecule has 0 saturated heterocycles. The Kier molecular flexibility index (Phi) is 3.76. The molecular formula is C12H11N3O3S. The van der Waals surface area contributed by atoms with Gasteiger partial charge >= 0.3 is 11.8 Å². The summed E-state index contributed by atoms with van der Waals surface area (Å²) in [7, 11) is 0. The van der Waals surface area contributed by atoms with Crippen molar-refractivity contribution >= 4 is 34.0 Å². The Morgan fingerprint density at radius 3 is 2.53 bits per heavy atom. The van der Waals surface area contributed by atoms with Gasteiger partial charge in [-0.1, -0.05) is 12.1 Å². The van der Waals surface area contributed by atoms with Crippen LogP contribution in [0.3, 0.4) is 0 Å². The molecule has 2 aromatic rings. The van der Waals surface area contributed by atoms with Crippen molar-refractivity contribution in [3.8, 4) is 5.75 Å². The summed E-state index contributed by atoms with van der Waals surface area (Å²) in [5.41, 5.74) is 0.944. The molecule has 0 aliphatic rings. The molecule has 3 N–H and O–H groups in total. The number of phenolic OH excluding ortho intramolecular Hbond substituents is 1. The van der Waals surface area contributed by atoms with Gasteiger partial charge in [-0.15, -0.1) is 11.3 Å². The Morgan fingerprint density at radius 1 is 1.21 bits per heavy atom. The predicted octanol–water partition coefficient (Wildman–Crippen LogP) is 1.73. The van der Waals surface area contributed by atoms with Gasteiger partial charge in [0.25, 0.3) is 0 Å². The molecule has 0 bridgehead atoms. The van der Waals surface area contributed by atoms with E-state index in [-0.39, 0.29) is 11.4 Å². The molecule has 19 heavy (non-hydrogen) atoms. The second-order valence-electron chi connectivity index (χ2n) is 3.72. The van der Waals surface area contributed by atoms with E-state index in [0.717, 1.165) is 5.69 Å². The van der Waals surface area contributed by atoms with Gasteiger partial charge in [0.15, 0.2) is 5.13 Å². The van der Waals surface area contributed by atoms with E-state index in [9.17, 15) is 14.7 Å². The van der Waals surface area contributed by atoms with Crippen LogP contribution in [0.25, 0.3) is 0 Å². The lowest BCUT2D eigenvalue weighted by atomic mass is 10.3. The molecule has 2 rings (SSSR count). The number of anilines is 2. The van der Waals surface area contributed by atoms with Gasteiger partial charge in [0.1, 0.15) is 5.75 Å². The molecule has 2 amide bonds. The van der Waals surface area contributed by atoms with Crippen LogP contribution in [0.2, 0.25) is 0 Å². The molecule has 0 fully saturated rings. The first-order valence-corrected chi connectivity index (χ1v) is 6.26. The zero-order chi connectivity index (χ0) is 13.8. The lowest BCUT2D eigenvalue weighted by Gasteiger charge is -2.06. The Balaban J connectivity index is 2.00. The number of phenols is 1. The molecule has 1 heterocycles. The third-order valence-electron chi connectivity index (χ3n) is 2.20. The fourth-order valence-corrected chi connectivity index (χ4v) is 2.01. The maximum atomic E-state index is 11.6. The van der Waals surface area contributed by atoms with Crippen molar-refractivity contribution in [3.05, 3.63) is 35.3 Å². The van der Waals surface area contributed by atoms with Crippen LogP contribution < -0.4 is 10.6 Å². The number of nitrogens with zero attached hydrogens (tertiary/aromatic N) is 1. The number of thiazole rings is 1. The maximum Gasteiger partial charge on any atom is 0.315 e. The molecule has 0 saturated carbocycles. The number of carbonyl (C=O) groups excluding carboxylic acids is 2. The fraction of sp³-hybridized carbons (Fsp3) is 0.0833. The zero-order valence-corrected chi connectivity index (χ0v) is 10.8. The molecule has 6 nitrogen and oxygen atoms in total. The van der Waals surface area contributed by atoms with Gasteiger partial charge in [0, 0.05) is 5.38 Å². The number of hydrogen-bond acceptors (Lipinski definition) is 5. The second kappa shape index (κ2) is 5.49. The number of hydrogen-bond donors (Lipinski definition) is 3. The van der Waals surface area contributed by atoms with Gasteiger partial charge in [-0.05, 0) is 19.1 Å². The van der Waals surface area contributed by atoms with Crippen LogP contribution in [-0.4, -0.2) is 21.9 Å². The minimum Gasteiger partial charge on any atom is -0.506 e. The summed E-state index contributed by atoms with van der Waals surface area (Å²) in [6.45, 7) is 1.79. The van der Waals surface area contributed by atoms with Gasteiger partial charge < -0.3 is 10.4 Å². The van der Waals surface area contributed by atoms with E-state index < -0.39 is 11.8 Å². The number of para-hydroxylation sites is 2. The zero-order valence-electron chi connectivity index (χ0n) is 10.0. The predicted molar refractivity (Wildman–Crippen MR) is 72.2 cm³/mol. The summed E-state index contributed by atoms with van der Waals surface area (Å²) in [4.78, 5) is 27.2. The van der Waals surface area contributed by atoms with E-state index in [4.69, 9.17) is 0 Å². The molecule has 0 unspecified atom stereocenters. The van der Waals surface area contributed by atoms with Crippen molar-refractivity contribution in [2.24, 2.45) is 0 Å². The molecular weight excluding hydrogens is 266 g/mol. The topological polar surface area (TPSA) is 91.3 Å². The smallest absolute Gasteiger partial charge is 0.315 e. The Labute approximate surface area is 113 Å². The van der Waals surface area contributed by atoms with E-state index >= 15 is 0 Å². The second-order valence-corrected chi connectivity index (χ2v) is 4.58. The van der Waals surface area contributed by atoms with Crippen LogP contribution in [-0.2, 0) is 9.59 Å². The number of rotatable bonds is 2. The molecule has 1 aromatic heterocycles. The average molecular weight is 277 g/mol. The van der Waals surface area contributed by atoms with Gasteiger partial charge in [-0.25, -0.2) is 4.98 Å². The van der Waals surface area contributed by atoms with Crippen molar-refractivity contribution < 1.29 is 14.7 Å². The van der Waals surface area contributed by atoms with Crippen LogP contribution in [0.4, 0.5) is 10.8 Å². The van der Waals surface area contributed by atoms with Crippen molar-refractivity contribution in [1.29, 1.82) is 0 Å². The maximum absolute atomic E-state index is 11.6. The number of carbonyl (C=O) groups is 2. The van der Waals surface area contributed by atoms with Crippen LogP contribution in [0.5, 0.6) is 5.75 Å². The largest absolute Gasteiger partial charge is 0.506 e. The minimum absolute atomic E-state index is 0.103. The molecule has 0 radical (unpaired) electrons. The van der Waals surface area contributed by atoms with Gasteiger partial charge in [0.2, 0.25) is 0 Å². The molecule has 0 aliphatic carbocycles. The minimum atomic E-state index is -0.866. The first-order chi connectivity index (χ1) is 9.06. The highest BCUT2D eigenvalue weighted by atomic mass is 32.1. The fourth-order valence-electron chi connectivity index (χ4n) is 1.32. The summed E-state index contributed by atoms with van der Waals surface area (Å²) < 4.78 is 0. The molecule has 7 heteroatoms. The number of aryl methyl sites for hydroxylation is 1. The van der Waals surface area contributed by atoms with E-state index in [1.54, 1.807) is 24.4 Å². The highest BCUT2D eigenvalue weighted by Gasteiger charge is 2.16. The quantitative estimate of drug-likeness (QED) is 0.576. The lowest BCUT2D eigenvalue weighted by Crippen LogP contribution is -2.29. The molecule has 0 spiro atoms. The first kappa shape index (κ1) is 13.0. The van der Waals surface area contributed by atoms with E-state index in [0.29, 0.717) is 5.13 Å². The summed E-state index contributed by atoms with van der Waals surface area (Å²) >= 11 is 1.23. The monoisotopic (exact) mass is 277 g/mol. The third-order valence-corrected chi connectivity index (χ3v) is 3.07. The van der Waals surface area contributed by atoms with Crippen molar-refractivity contribution in [1.82, 2.24) is 4.98 Å². The van der Waals surface area contributed by atoms with Crippen molar-refractivity contribution in [3.63, 3.8) is 0 Å². The van der Waals surface area contributed by atoms with Crippen molar-refractivity contribution in [2.75, 3.05) is 10.6 Å². The van der Waals surface area contributed by atoms with Crippen LogP contribution >= 0.6 is 11.3 Å². The molecule has 0 atom stereocenters. The number of amides is 2. The number of benzene rings is 1. The van der Waals surface area contributed by atoms with Gasteiger partial charge in [-0.3, -0.25) is 14.9 Å². The summed E-state index contributed by atoms with van der Waals surface area (Å²) in [6, 6.07) is 6.16.